The van der Waals surface area contributed by atoms with Gasteiger partial charge in [0.2, 0.25) is 5.85 Å². The van der Waals surface area contributed by atoms with E-state index in [0.29, 0.717) is 17.5 Å². The summed E-state index contributed by atoms with van der Waals surface area (Å²) in [6, 6.07) is 7.06. The highest BCUT2D eigenvalue weighted by Gasteiger charge is 2.42. The highest BCUT2D eigenvalue weighted by atomic mass is 19.2. The van der Waals surface area contributed by atoms with E-state index in [1.54, 1.807) is 18.2 Å². The number of halogens is 1. The van der Waals surface area contributed by atoms with E-state index >= 15 is 0 Å². The smallest absolute Gasteiger partial charge is 0.253 e. The first-order valence-electron chi connectivity index (χ1n) is 9.59. The Labute approximate surface area is 156 Å². The predicted octanol–water partition coefficient (Wildman–Crippen LogP) is 5.01. The van der Waals surface area contributed by atoms with Gasteiger partial charge in [-0.25, -0.2) is 0 Å². The summed E-state index contributed by atoms with van der Waals surface area (Å²) < 4.78 is 19.0. The molecule has 2 atom stereocenters. The topological polar surface area (TPSA) is 50.7 Å². The molecule has 26 heavy (non-hydrogen) atoms. The lowest BCUT2D eigenvalue weighted by Crippen LogP contribution is -2.40. The highest BCUT2D eigenvalue weighted by molar-refractivity contribution is 6.15. The molecule has 0 radical (unpaired) electrons. The summed E-state index contributed by atoms with van der Waals surface area (Å²) in [4.78, 5) is 17.6. The molecule has 0 spiro atoms. The first-order chi connectivity index (χ1) is 12.2. The first kappa shape index (κ1) is 20.4. The van der Waals surface area contributed by atoms with E-state index in [2.05, 4.69) is 26.1 Å². The molecule has 0 aromatic heterocycles. The van der Waals surface area contributed by atoms with Crippen molar-refractivity contribution in [3.63, 3.8) is 0 Å². The van der Waals surface area contributed by atoms with Gasteiger partial charge in [-0.1, -0.05) is 45.7 Å². The van der Waals surface area contributed by atoms with E-state index in [4.69, 9.17) is 9.73 Å². The molecule has 2 unspecified atom stereocenters. The zero-order valence-electron chi connectivity index (χ0n) is 16.6. The standard InChI is InChI=1S/C21H31FN2O2/c1-6-12-21(13-11-15(3)7-2)19(25)23-18(24-21)16-9-8-10-17(14-16)26-20(4,5)22/h8-10,14-15H,6-7,11-13H2,1-5H3,(H,23,24,25). The summed E-state index contributed by atoms with van der Waals surface area (Å²) in [6.07, 6.45) is 4.44. The Kier molecular flexibility index (Phi) is 6.43. The number of alkyl halides is 1. The van der Waals surface area contributed by atoms with Gasteiger partial charge in [0, 0.05) is 19.4 Å². The minimum atomic E-state index is -1.76. The van der Waals surface area contributed by atoms with Gasteiger partial charge in [0.05, 0.1) is 0 Å². The summed E-state index contributed by atoms with van der Waals surface area (Å²) in [5.41, 5.74) is 0.0469. The Balaban J connectivity index is 2.27. The molecule has 144 valence electrons. The van der Waals surface area contributed by atoms with Crippen molar-refractivity contribution >= 4 is 11.7 Å². The first-order valence-corrected chi connectivity index (χ1v) is 9.59. The number of carbonyl (C=O) groups is 1. The second kappa shape index (κ2) is 8.19. The van der Waals surface area contributed by atoms with Gasteiger partial charge >= 0.3 is 0 Å². The molecule has 1 N–H and O–H groups in total. The van der Waals surface area contributed by atoms with Crippen molar-refractivity contribution in [3.8, 4) is 5.75 Å². The van der Waals surface area contributed by atoms with Crippen molar-refractivity contribution in [2.24, 2.45) is 10.9 Å². The van der Waals surface area contributed by atoms with Gasteiger partial charge in [-0.15, -0.1) is 0 Å². The summed E-state index contributed by atoms with van der Waals surface area (Å²) in [5, 5.41) is 2.94. The Bertz CT molecular complexity index is 666. The van der Waals surface area contributed by atoms with Gasteiger partial charge in [0.25, 0.3) is 5.91 Å². The number of rotatable bonds is 9. The number of aliphatic imine (C=N–C) groups is 1. The molecule has 1 amide bonds. The Morgan fingerprint density at radius 1 is 1.31 bits per heavy atom. The van der Waals surface area contributed by atoms with Gasteiger partial charge in [-0.2, -0.15) is 4.39 Å². The van der Waals surface area contributed by atoms with Gasteiger partial charge in [-0.3, -0.25) is 9.79 Å². The van der Waals surface area contributed by atoms with Crippen molar-refractivity contribution < 1.29 is 13.9 Å². The fraction of sp³-hybridized carbons (Fsp3) is 0.619. The van der Waals surface area contributed by atoms with Crippen LogP contribution in [0.3, 0.4) is 0 Å². The number of benzene rings is 1. The number of amidine groups is 1. The third kappa shape index (κ3) is 5.05. The number of amides is 1. The Morgan fingerprint density at radius 2 is 2.04 bits per heavy atom. The average molecular weight is 362 g/mol. The lowest BCUT2D eigenvalue weighted by atomic mass is 9.85. The monoisotopic (exact) mass is 362 g/mol. The van der Waals surface area contributed by atoms with Crippen LogP contribution in [0.2, 0.25) is 0 Å². The molecule has 0 saturated carbocycles. The van der Waals surface area contributed by atoms with E-state index in [9.17, 15) is 9.18 Å². The van der Waals surface area contributed by atoms with E-state index < -0.39 is 11.4 Å². The molecule has 1 aromatic rings. The van der Waals surface area contributed by atoms with Crippen molar-refractivity contribution in [1.29, 1.82) is 0 Å². The molecule has 1 aromatic carbocycles. The number of nitrogens with zero attached hydrogens (tertiary/aromatic N) is 1. The van der Waals surface area contributed by atoms with Crippen LogP contribution in [0.25, 0.3) is 0 Å². The molecular weight excluding hydrogens is 331 g/mol. The van der Waals surface area contributed by atoms with Crippen LogP contribution in [0, 0.1) is 5.92 Å². The van der Waals surface area contributed by atoms with Crippen LogP contribution in [0.1, 0.15) is 72.3 Å². The molecule has 1 aliphatic heterocycles. The van der Waals surface area contributed by atoms with Crippen molar-refractivity contribution in [3.05, 3.63) is 29.8 Å². The number of nitrogens with one attached hydrogen (secondary N) is 1. The van der Waals surface area contributed by atoms with Gasteiger partial charge in [-0.05, 0) is 37.3 Å². The zero-order chi connectivity index (χ0) is 19.4. The summed E-state index contributed by atoms with van der Waals surface area (Å²) >= 11 is 0. The minimum Gasteiger partial charge on any atom is -0.459 e. The van der Waals surface area contributed by atoms with Crippen molar-refractivity contribution in [2.75, 3.05) is 0 Å². The van der Waals surface area contributed by atoms with Gasteiger partial charge < -0.3 is 10.1 Å². The number of hydrogen-bond acceptors (Lipinski definition) is 3. The van der Waals surface area contributed by atoms with E-state index in [-0.39, 0.29) is 5.91 Å². The van der Waals surface area contributed by atoms with Crippen LogP contribution in [-0.2, 0) is 4.79 Å². The summed E-state index contributed by atoms with van der Waals surface area (Å²) in [6.45, 7) is 9.16. The lowest BCUT2D eigenvalue weighted by Gasteiger charge is -2.24. The summed E-state index contributed by atoms with van der Waals surface area (Å²) in [7, 11) is 0. The van der Waals surface area contributed by atoms with Crippen molar-refractivity contribution in [2.45, 2.75) is 78.1 Å². The molecule has 4 nitrogen and oxygen atoms in total. The molecule has 0 bridgehead atoms. The third-order valence-corrected chi connectivity index (χ3v) is 4.86. The van der Waals surface area contributed by atoms with Crippen LogP contribution >= 0.6 is 0 Å². The Morgan fingerprint density at radius 3 is 2.65 bits per heavy atom. The van der Waals surface area contributed by atoms with Crippen LogP contribution in [0.15, 0.2) is 29.3 Å². The second-order valence-corrected chi connectivity index (χ2v) is 7.74. The average Bonchev–Trinajstić information content (AvgIpc) is 2.89. The quantitative estimate of drug-likeness (QED) is 0.671. The van der Waals surface area contributed by atoms with E-state index in [1.807, 2.05) is 6.07 Å². The highest BCUT2D eigenvalue weighted by Crippen LogP contribution is 2.32. The fourth-order valence-corrected chi connectivity index (χ4v) is 3.21. The maximum Gasteiger partial charge on any atom is 0.253 e. The minimum absolute atomic E-state index is 0.0326. The SMILES string of the molecule is CCCC1(CCC(C)CC)N=C(c2cccc(OC(C)(C)F)c2)NC1=O. The molecule has 0 saturated heterocycles. The zero-order valence-corrected chi connectivity index (χ0v) is 16.6. The molecule has 1 aliphatic rings. The predicted molar refractivity (Wildman–Crippen MR) is 103 cm³/mol. The van der Waals surface area contributed by atoms with Crippen LogP contribution in [0.5, 0.6) is 5.75 Å². The van der Waals surface area contributed by atoms with Crippen LogP contribution in [-0.4, -0.2) is 23.1 Å². The van der Waals surface area contributed by atoms with E-state index in [0.717, 1.165) is 37.7 Å². The maximum absolute atomic E-state index is 13.8. The normalized spacial score (nSPS) is 21.3. The number of ether oxygens (including phenoxy) is 1. The fourth-order valence-electron chi connectivity index (χ4n) is 3.21. The maximum atomic E-state index is 13.8. The third-order valence-electron chi connectivity index (χ3n) is 4.86. The lowest BCUT2D eigenvalue weighted by molar-refractivity contribution is -0.124. The number of carbonyl (C=O) groups excluding carboxylic acids is 1. The molecule has 0 aliphatic carbocycles. The van der Waals surface area contributed by atoms with Crippen molar-refractivity contribution in [1.82, 2.24) is 5.32 Å². The Hall–Kier alpha value is -1.91. The molecular formula is C21H31FN2O2. The van der Waals surface area contributed by atoms with Gasteiger partial charge in [0.15, 0.2) is 0 Å². The van der Waals surface area contributed by atoms with Crippen LogP contribution < -0.4 is 10.1 Å². The largest absolute Gasteiger partial charge is 0.459 e. The van der Waals surface area contributed by atoms with Gasteiger partial charge in [0.1, 0.15) is 17.1 Å². The second-order valence-electron chi connectivity index (χ2n) is 7.74. The summed E-state index contributed by atoms with van der Waals surface area (Å²) in [5.74, 6) is -0.259. The molecule has 5 heteroatoms. The number of hydrogen-bond donors (Lipinski definition) is 1. The molecule has 0 fully saturated rings. The van der Waals surface area contributed by atoms with E-state index in [1.165, 1.54) is 13.8 Å². The molecule has 1 heterocycles. The van der Waals surface area contributed by atoms with Crippen LogP contribution in [0.4, 0.5) is 4.39 Å². The molecule has 2 rings (SSSR count).